The number of thiophene rings is 1. The molecule has 1 fully saturated rings. The molecule has 0 saturated heterocycles. The fraction of sp³-hybridized carbons (Fsp3) is 0.579. The summed E-state index contributed by atoms with van der Waals surface area (Å²) >= 11 is 1.90. The molecule has 0 aliphatic heterocycles. The van der Waals surface area contributed by atoms with Gasteiger partial charge in [-0.3, -0.25) is 0 Å². The maximum Gasteiger partial charge on any atom is 0.0345 e. The smallest absolute Gasteiger partial charge is 0.0345 e. The summed E-state index contributed by atoms with van der Waals surface area (Å²) < 4.78 is 1.44. The average molecular weight is 301 g/mol. The monoisotopic (exact) mass is 301 g/mol. The van der Waals surface area contributed by atoms with Gasteiger partial charge in [-0.15, -0.1) is 11.3 Å². The highest BCUT2D eigenvalue weighted by Gasteiger charge is 2.27. The van der Waals surface area contributed by atoms with Crippen LogP contribution >= 0.6 is 11.3 Å². The van der Waals surface area contributed by atoms with E-state index in [0.29, 0.717) is 0 Å². The van der Waals surface area contributed by atoms with Crippen molar-refractivity contribution in [1.29, 1.82) is 0 Å². The highest BCUT2D eigenvalue weighted by molar-refractivity contribution is 7.17. The maximum atomic E-state index is 3.68. The van der Waals surface area contributed by atoms with E-state index in [-0.39, 0.29) is 0 Å². The Labute approximate surface area is 132 Å². The lowest BCUT2D eigenvalue weighted by atomic mass is 9.89. The second-order valence-electron chi connectivity index (χ2n) is 6.96. The van der Waals surface area contributed by atoms with Gasteiger partial charge < -0.3 is 5.32 Å². The summed E-state index contributed by atoms with van der Waals surface area (Å²) in [7, 11) is 0. The van der Waals surface area contributed by atoms with Crippen LogP contribution in [0.5, 0.6) is 0 Å². The lowest BCUT2D eigenvalue weighted by Crippen LogP contribution is -2.28. The highest BCUT2D eigenvalue weighted by atomic mass is 32.1. The fourth-order valence-electron chi connectivity index (χ4n) is 3.68. The summed E-state index contributed by atoms with van der Waals surface area (Å²) in [6.07, 6.45) is 5.52. The zero-order valence-corrected chi connectivity index (χ0v) is 14.1. The fourth-order valence-corrected chi connectivity index (χ4v) is 4.66. The van der Waals surface area contributed by atoms with E-state index in [4.69, 9.17) is 0 Å². The van der Waals surface area contributed by atoms with Gasteiger partial charge in [0.2, 0.25) is 0 Å². The minimum absolute atomic E-state index is 0.755. The number of hydrogen-bond donors (Lipinski definition) is 1. The summed E-state index contributed by atoms with van der Waals surface area (Å²) in [5.74, 6) is 2.51. The van der Waals surface area contributed by atoms with E-state index in [9.17, 15) is 0 Å². The van der Waals surface area contributed by atoms with Gasteiger partial charge in [0.05, 0.1) is 0 Å². The van der Waals surface area contributed by atoms with Crippen LogP contribution in [0.4, 0.5) is 0 Å². The van der Waals surface area contributed by atoms with Crippen LogP contribution in [-0.2, 0) is 6.42 Å². The van der Waals surface area contributed by atoms with E-state index in [1.165, 1.54) is 42.3 Å². The van der Waals surface area contributed by atoms with Crippen molar-refractivity contribution in [3.63, 3.8) is 0 Å². The van der Waals surface area contributed by atoms with Crippen LogP contribution in [0.2, 0.25) is 0 Å². The first kappa shape index (κ1) is 15.1. The second kappa shape index (κ2) is 6.93. The van der Waals surface area contributed by atoms with Gasteiger partial charge in [-0.1, -0.05) is 38.5 Å². The Balaban J connectivity index is 1.63. The van der Waals surface area contributed by atoms with E-state index in [2.05, 4.69) is 48.8 Å². The number of fused-ring (bicyclic) bond motifs is 1. The largest absolute Gasteiger partial charge is 0.316 e. The molecule has 2 heteroatoms. The van der Waals surface area contributed by atoms with E-state index >= 15 is 0 Å². The van der Waals surface area contributed by atoms with Crippen LogP contribution in [0.15, 0.2) is 29.6 Å². The van der Waals surface area contributed by atoms with E-state index in [0.717, 1.165) is 24.3 Å². The van der Waals surface area contributed by atoms with Crippen LogP contribution in [0.1, 0.15) is 38.7 Å². The van der Waals surface area contributed by atoms with Crippen LogP contribution < -0.4 is 5.32 Å². The molecule has 0 bridgehead atoms. The number of hydrogen-bond acceptors (Lipinski definition) is 2. The predicted molar refractivity (Wildman–Crippen MR) is 94.1 cm³/mol. The van der Waals surface area contributed by atoms with Crippen LogP contribution in [0.25, 0.3) is 10.1 Å². The van der Waals surface area contributed by atoms with Crippen LogP contribution in [-0.4, -0.2) is 13.1 Å². The molecule has 1 heterocycles. The third kappa shape index (κ3) is 3.67. The SMILES string of the molecule is CC(C)CNCC1CCCC1Cc1csc2ccccc12. The first-order valence-corrected chi connectivity index (χ1v) is 9.28. The van der Waals surface area contributed by atoms with Crippen molar-refractivity contribution in [3.05, 3.63) is 35.2 Å². The molecule has 1 aliphatic rings. The number of benzene rings is 1. The Hall–Kier alpha value is -0.860. The molecule has 1 nitrogen and oxygen atoms in total. The molecule has 1 N–H and O–H groups in total. The first-order valence-electron chi connectivity index (χ1n) is 8.40. The minimum Gasteiger partial charge on any atom is -0.316 e. The van der Waals surface area contributed by atoms with Gasteiger partial charge in [-0.2, -0.15) is 0 Å². The zero-order valence-electron chi connectivity index (χ0n) is 13.3. The van der Waals surface area contributed by atoms with E-state index in [1.54, 1.807) is 5.56 Å². The zero-order chi connectivity index (χ0) is 14.7. The van der Waals surface area contributed by atoms with E-state index in [1.807, 2.05) is 11.3 Å². The number of nitrogens with one attached hydrogen (secondary N) is 1. The molecule has 0 radical (unpaired) electrons. The third-order valence-corrected chi connectivity index (χ3v) is 5.83. The average Bonchev–Trinajstić information content (AvgIpc) is 3.07. The Morgan fingerprint density at radius 3 is 2.86 bits per heavy atom. The third-order valence-electron chi connectivity index (χ3n) is 4.82. The predicted octanol–water partition coefficient (Wildman–Crippen LogP) is 5.11. The standard InChI is InChI=1S/C19H27NS/c1-14(2)11-20-12-16-7-5-6-15(16)10-17-13-21-19-9-4-3-8-18(17)19/h3-4,8-9,13-16,20H,5-7,10-12H2,1-2H3. The highest BCUT2D eigenvalue weighted by Crippen LogP contribution is 2.36. The van der Waals surface area contributed by atoms with Crippen molar-refractivity contribution in [1.82, 2.24) is 5.32 Å². The minimum atomic E-state index is 0.755. The lowest BCUT2D eigenvalue weighted by molar-refractivity contribution is 0.358. The topological polar surface area (TPSA) is 12.0 Å². The lowest BCUT2D eigenvalue weighted by Gasteiger charge is -2.20. The van der Waals surface area contributed by atoms with Gasteiger partial charge in [-0.25, -0.2) is 0 Å². The Morgan fingerprint density at radius 1 is 1.19 bits per heavy atom. The van der Waals surface area contributed by atoms with Gasteiger partial charge in [0.15, 0.2) is 0 Å². The molecular formula is C19H27NS. The van der Waals surface area contributed by atoms with Crippen molar-refractivity contribution in [3.8, 4) is 0 Å². The van der Waals surface area contributed by atoms with Crippen molar-refractivity contribution >= 4 is 21.4 Å². The maximum absolute atomic E-state index is 3.68. The Bertz CT molecular complexity index is 572. The molecule has 2 aromatic rings. The molecule has 1 aromatic carbocycles. The van der Waals surface area contributed by atoms with Crippen LogP contribution in [0, 0.1) is 17.8 Å². The number of rotatable bonds is 6. The molecule has 114 valence electrons. The molecule has 2 atom stereocenters. The van der Waals surface area contributed by atoms with Gasteiger partial charge >= 0.3 is 0 Å². The Kier molecular flexibility index (Phi) is 4.97. The van der Waals surface area contributed by atoms with Crippen LogP contribution in [0.3, 0.4) is 0 Å². The second-order valence-corrected chi connectivity index (χ2v) is 7.88. The summed E-state index contributed by atoms with van der Waals surface area (Å²) in [4.78, 5) is 0. The summed E-state index contributed by atoms with van der Waals surface area (Å²) in [5.41, 5.74) is 1.58. The molecule has 21 heavy (non-hydrogen) atoms. The van der Waals surface area contributed by atoms with Crippen molar-refractivity contribution < 1.29 is 0 Å². The van der Waals surface area contributed by atoms with Crippen molar-refractivity contribution in [2.24, 2.45) is 17.8 Å². The normalized spacial score (nSPS) is 22.4. The quantitative estimate of drug-likeness (QED) is 0.782. The molecule has 1 aromatic heterocycles. The molecule has 0 amide bonds. The van der Waals surface area contributed by atoms with Gasteiger partial charge in [-0.05, 0) is 72.5 Å². The van der Waals surface area contributed by atoms with E-state index < -0.39 is 0 Å². The molecule has 1 aliphatic carbocycles. The molecule has 3 rings (SSSR count). The molecule has 1 saturated carbocycles. The van der Waals surface area contributed by atoms with Crippen molar-refractivity contribution in [2.45, 2.75) is 39.5 Å². The molecule has 0 spiro atoms. The Morgan fingerprint density at radius 2 is 2.00 bits per heavy atom. The summed E-state index contributed by atoms with van der Waals surface area (Å²) in [6.45, 7) is 6.95. The van der Waals surface area contributed by atoms with Gasteiger partial charge in [0.25, 0.3) is 0 Å². The van der Waals surface area contributed by atoms with Gasteiger partial charge in [0.1, 0.15) is 0 Å². The van der Waals surface area contributed by atoms with Crippen molar-refractivity contribution in [2.75, 3.05) is 13.1 Å². The first-order chi connectivity index (χ1) is 10.2. The molecule has 2 unspecified atom stereocenters. The summed E-state index contributed by atoms with van der Waals surface area (Å²) in [6, 6.07) is 8.87. The summed E-state index contributed by atoms with van der Waals surface area (Å²) in [5, 5.41) is 7.56. The van der Waals surface area contributed by atoms with Gasteiger partial charge in [0, 0.05) is 4.70 Å². The molecular weight excluding hydrogens is 274 g/mol.